The normalized spacial score (nSPS) is 13.3. The number of aryl methyl sites for hydroxylation is 2. The van der Waals surface area contributed by atoms with Gasteiger partial charge in [-0.15, -0.1) is 11.3 Å². The van der Waals surface area contributed by atoms with Gasteiger partial charge in [0.05, 0.1) is 11.4 Å². The van der Waals surface area contributed by atoms with Crippen LogP contribution in [0.2, 0.25) is 0 Å². The van der Waals surface area contributed by atoms with E-state index in [2.05, 4.69) is 35.8 Å². The zero-order chi connectivity index (χ0) is 14.9. The van der Waals surface area contributed by atoms with E-state index in [4.69, 9.17) is 0 Å². The number of aromatic nitrogens is 2. The van der Waals surface area contributed by atoms with Crippen LogP contribution in [-0.2, 0) is 0 Å². The van der Waals surface area contributed by atoms with Crippen LogP contribution in [-0.4, -0.2) is 28.5 Å². The molecule has 0 aliphatic heterocycles. The number of hydrogen-bond acceptors (Lipinski definition) is 4. The first-order chi connectivity index (χ1) is 9.45. The molecule has 1 unspecified atom stereocenters. The fraction of sp³-hybridized carbons (Fsp3) is 0.600. The summed E-state index contributed by atoms with van der Waals surface area (Å²) in [6, 6.07) is 0.126. The predicted octanol–water partition coefficient (Wildman–Crippen LogP) is 3.39. The second-order valence-electron chi connectivity index (χ2n) is 5.42. The average Bonchev–Trinajstić information content (AvgIpc) is 2.70. The highest BCUT2D eigenvalue weighted by Gasteiger charge is 2.17. The zero-order valence-electron chi connectivity index (χ0n) is 12.9. The van der Waals surface area contributed by atoms with Crippen LogP contribution in [0.5, 0.6) is 0 Å². The van der Waals surface area contributed by atoms with Crippen LogP contribution in [0, 0.1) is 13.8 Å². The Hall–Kier alpha value is -1.20. The van der Waals surface area contributed by atoms with Crippen molar-refractivity contribution >= 4 is 21.6 Å². The molecule has 1 N–H and O–H groups in total. The average molecular weight is 293 g/mol. The van der Waals surface area contributed by atoms with Crippen LogP contribution in [0.1, 0.15) is 49.0 Å². The van der Waals surface area contributed by atoms with Gasteiger partial charge >= 0.3 is 0 Å². The van der Waals surface area contributed by atoms with E-state index in [1.54, 1.807) is 11.3 Å². The Bertz CT molecular complexity index is 659. The minimum atomic E-state index is -0.0115. The Morgan fingerprint density at radius 1 is 1.40 bits per heavy atom. The number of hydrogen-bond donors (Lipinski definition) is 1. The largest absolute Gasteiger partial charge is 0.309 e. The van der Waals surface area contributed by atoms with Gasteiger partial charge in [0, 0.05) is 4.88 Å². The van der Waals surface area contributed by atoms with E-state index in [1.807, 2.05) is 13.8 Å². The second-order valence-corrected chi connectivity index (χ2v) is 6.63. The van der Waals surface area contributed by atoms with Crippen molar-refractivity contribution in [1.82, 2.24) is 14.9 Å². The number of nitrogens with zero attached hydrogens (tertiary/aromatic N) is 2. The number of rotatable bonds is 5. The van der Waals surface area contributed by atoms with E-state index in [1.165, 1.54) is 11.3 Å². The van der Waals surface area contributed by atoms with Gasteiger partial charge in [-0.25, -0.2) is 4.98 Å². The van der Waals surface area contributed by atoms with Gasteiger partial charge in [-0.1, -0.05) is 13.3 Å². The van der Waals surface area contributed by atoms with Gasteiger partial charge in [-0.2, -0.15) is 0 Å². The summed E-state index contributed by atoms with van der Waals surface area (Å²) >= 11 is 1.60. The first kappa shape index (κ1) is 15.2. The molecule has 2 rings (SSSR count). The highest BCUT2D eigenvalue weighted by Crippen LogP contribution is 2.27. The molecule has 0 aliphatic carbocycles. The molecule has 2 aromatic rings. The molecule has 0 fully saturated rings. The minimum Gasteiger partial charge on any atom is -0.309 e. The molecular formula is C15H23N3OS. The molecule has 2 aromatic heterocycles. The van der Waals surface area contributed by atoms with E-state index in [0.717, 1.165) is 34.6 Å². The summed E-state index contributed by atoms with van der Waals surface area (Å²) in [6.07, 6.45) is 2.33. The zero-order valence-corrected chi connectivity index (χ0v) is 13.7. The molecule has 1 atom stereocenters. The van der Waals surface area contributed by atoms with E-state index in [9.17, 15) is 4.79 Å². The Morgan fingerprint density at radius 3 is 2.75 bits per heavy atom. The van der Waals surface area contributed by atoms with E-state index in [-0.39, 0.29) is 11.6 Å². The number of nitrogens with one attached hydrogen (secondary N) is 1. The Labute approximate surface area is 123 Å². The number of fused-ring (bicyclic) bond motifs is 1. The first-order valence-corrected chi connectivity index (χ1v) is 7.97. The maximum absolute atomic E-state index is 12.3. The minimum absolute atomic E-state index is 0.0115. The summed E-state index contributed by atoms with van der Waals surface area (Å²) in [5, 5.41) is 0.750. The monoisotopic (exact) mass is 293 g/mol. The molecule has 0 amide bonds. The lowest BCUT2D eigenvalue weighted by molar-refractivity contribution is 0.248. The van der Waals surface area contributed by atoms with Crippen LogP contribution >= 0.6 is 11.3 Å². The summed E-state index contributed by atoms with van der Waals surface area (Å²) in [7, 11) is 2.08. The lowest BCUT2D eigenvalue weighted by Crippen LogP contribution is -2.27. The molecule has 5 heteroatoms. The number of H-pyrrole nitrogens is 1. The quantitative estimate of drug-likeness (QED) is 0.919. The lowest BCUT2D eigenvalue weighted by Gasteiger charge is -2.23. The molecule has 4 nitrogen and oxygen atoms in total. The molecule has 20 heavy (non-hydrogen) atoms. The smallest absolute Gasteiger partial charge is 0.259 e. The van der Waals surface area contributed by atoms with Gasteiger partial charge in [-0.3, -0.25) is 9.69 Å². The van der Waals surface area contributed by atoms with Crippen molar-refractivity contribution in [3.63, 3.8) is 0 Å². The van der Waals surface area contributed by atoms with Gasteiger partial charge in [0.1, 0.15) is 10.7 Å². The summed E-state index contributed by atoms with van der Waals surface area (Å²) in [4.78, 5) is 24.2. The molecule has 0 radical (unpaired) electrons. The molecule has 0 saturated carbocycles. The van der Waals surface area contributed by atoms with E-state index < -0.39 is 0 Å². The van der Waals surface area contributed by atoms with Crippen LogP contribution in [0.3, 0.4) is 0 Å². The van der Waals surface area contributed by atoms with Crippen molar-refractivity contribution in [1.29, 1.82) is 0 Å². The molecule has 0 spiro atoms. The van der Waals surface area contributed by atoms with Crippen molar-refractivity contribution < 1.29 is 0 Å². The highest BCUT2D eigenvalue weighted by atomic mass is 32.1. The van der Waals surface area contributed by atoms with Gasteiger partial charge in [-0.05, 0) is 46.3 Å². The molecular weight excluding hydrogens is 270 g/mol. The summed E-state index contributed by atoms with van der Waals surface area (Å²) in [5.74, 6) is 0.766. The number of aromatic amines is 1. The fourth-order valence-electron chi connectivity index (χ4n) is 2.28. The van der Waals surface area contributed by atoms with E-state index >= 15 is 0 Å². The third-order valence-electron chi connectivity index (χ3n) is 3.98. The van der Waals surface area contributed by atoms with E-state index in [0.29, 0.717) is 0 Å². The maximum atomic E-state index is 12.3. The van der Waals surface area contributed by atoms with Crippen molar-refractivity contribution in [2.75, 3.05) is 13.6 Å². The molecule has 0 aliphatic rings. The van der Waals surface area contributed by atoms with Gasteiger partial charge < -0.3 is 4.98 Å². The molecule has 0 bridgehead atoms. The van der Waals surface area contributed by atoms with Crippen molar-refractivity contribution in [2.24, 2.45) is 0 Å². The lowest BCUT2D eigenvalue weighted by atomic mass is 10.2. The SMILES string of the molecule is CCCCN(C)C(C)c1nc2sc(C)c(C)c2c(=O)[nH]1. The second kappa shape index (κ2) is 6.06. The predicted molar refractivity (Wildman–Crippen MR) is 85.7 cm³/mol. The standard InChI is InChI=1S/C15H23N3OS/c1-6-7-8-18(5)10(3)13-16-14(19)12-9(2)11(4)20-15(12)17-13/h10H,6-8H2,1-5H3,(H,16,17,19). The number of thiophene rings is 1. The van der Waals surface area contributed by atoms with Gasteiger partial charge in [0.2, 0.25) is 0 Å². The van der Waals surface area contributed by atoms with Crippen LogP contribution in [0.25, 0.3) is 10.2 Å². The van der Waals surface area contributed by atoms with Crippen LogP contribution in [0.15, 0.2) is 4.79 Å². The van der Waals surface area contributed by atoms with Gasteiger partial charge in [0.15, 0.2) is 0 Å². The molecule has 2 heterocycles. The summed E-state index contributed by atoms with van der Waals surface area (Å²) in [5.41, 5.74) is 1.04. The van der Waals surface area contributed by atoms with Crippen LogP contribution < -0.4 is 5.56 Å². The Morgan fingerprint density at radius 2 is 2.10 bits per heavy atom. The third kappa shape index (κ3) is 2.79. The molecule has 110 valence electrons. The van der Waals surface area contributed by atoms with Crippen molar-refractivity contribution in [3.8, 4) is 0 Å². The molecule has 0 saturated heterocycles. The Kier molecular flexibility index (Phi) is 4.60. The maximum Gasteiger partial charge on any atom is 0.259 e. The third-order valence-corrected chi connectivity index (χ3v) is 5.08. The first-order valence-electron chi connectivity index (χ1n) is 7.15. The van der Waals surface area contributed by atoms with Crippen molar-refractivity contribution in [3.05, 3.63) is 26.6 Å². The van der Waals surface area contributed by atoms with Gasteiger partial charge in [0.25, 0.3) is 5.56 Å². The fourth-order valence-corrected chi connectivity index (χ4v) is 3.32. The summed E-state index contributed by atoms with van der Waals surface area (Å²) < 4.78 is 0. The van der Waals surface area contributed by atoms with Crippen molar-refractivity contribution in [2.45, 2.75) is 46.6 Å². The Balaban J connectivity index is 2.38. The topological polar surface area (TPSA) is 49.0 Å². The summed E-state index contributed by atoms with van der Waals surface area (Å²) in [6.45, 7) is 9.32. The highest BCUT2D eigenvalue weighted by molar-refractivity contribution is 7.18. The molecule has 0 aromatic carbocycles. The van der Waals surface area contributed by atoms with Crippen LogP contribution in [0.4, 0.5) is 0 Å². The number of unbranched alkanes of at least 4 members (excludes halogenated alkanes) is 1.